The summed E-state index contributed by atoms with van der Waals surface area (Å²) in [6.07, 6.45) is 2.22. The monoisotopic (exact) mass is 242 g/mol. The molecule has 1 unspecified atom stereocenters. The number of ether oxygens (including phenoxy) is 1. The molecule has 0 heterocycles. The van der Waals surface area contributed by atoms with E-state index in [0.717, 1.165) is 25.0 Å². The van der Waals surface area contributed by atoms with Crippen LogP contribution in [0.1, 0.15) is 38.2 Å². The predicted octanol–water partition coefficient (Wildman–Crippen LogP) is 3.97. The molecule has 1 aromatic rings. The molecule has 90 valence electrons. The van der Waals surface area contributed by atoms with Crippen LogP contribution in [0.5, 0.6) is 5.75 Å². The summed E-state index contributed by atoms with van der Waals surface area (Å²) in [5.74, 6) is 0.455. The van der Waals surface area contributed by atoms with Crippen molar-refractivity contribution in [1.29, 1.82) is 0 Å². The first-order valence-corrected chi connectivity index (χ1v) is 6.09. The van der Waals surface area contributed by atoms with E-state index in [0.29, 0.717) is 11.6 Å². The van der Waals surface area contributed by atoms with E-state index in [9.17, 15) is 5.11 Å². The van der Waals surface area contributed by atoms with Gasteiger partial charge in [0.05, 0.1) is 6.61 Å². The molecular formula is C13H19ClO2. The lowest BCUT2D eigenvalue weighted by Gasteiger charge is -2.14. The van der Waals surface area contributed by atoms with Gasteiger partial charge in [-0.05, 0) is 30.2 Å². The lowest BCUT2D eigenvalue weighted by Crippen LogP contribution is -2.06. The smallest absolute Gasteiger partial charge is 0.115 e. The van der Waals surface area contributed by atoms with Gasteiger partial charge in [-0.3, -0.25) is 0 Å². The topological polar surface area (TPSA) is 29.5 Å². The van der Waals surface area contributed by atoms with Crippen LogP contribution < -0.4 is 0 Å². The molecule has 0 aliphatic heterocycles. The van der Waals surface area contributed by atoms with E-state index < -0.39 is 0 Å². The highest BCUT2D eigenvalue weighted by molar-refractivity contribution is 6.31. The maximum atomic E-state index is 9.40. The third kappa shape index (κ3) is 4.03. The molecule has 3 heteroatoms. The average Bonchev–Trinajstić information content (AvgIpc) is 2.27. The highest BCUT2D eigenvalue weighted by atomic mass is 35.5. The molecular weight excluding hydrogens is 224 g/mol. The minimum absolute atomic E-state index is 0.205. The molecule has 0 saturated carbocycles. The summed E-state index contributed by atoms with van der Waals surface area (Å²) >= 11 is 6.06. The molecule has 0 bridgehead atoms. The van der Waals surface area contributed by atoms with E-state index in [1.807, 2.05) is 6.92 Å². The van der Waals surface area contributed by atoms with Crippen molar-refractivity contribution in [2.24, 2.45) is 0 Å². The van der Waals surface area contributed by atoms with Gasteiger partial charge in [-0.2, -0.15) is 0 Å². The van der Waals surface area contributed by atoms with Gasteiger partial charge in [0, 0.05) is 17.5 Å². The van der Waals surface area contributed by atoms with Crippen molar-refractivity contribution >= 4 is 11.6 Å². The second-order valence-electron chi connectivity index (χ2n) is 4.04. The maximum Gasteiger partial charge on any atom is 0.115 e. The molecule has 1 aromatic carbocycles. The fraction of sp³-hybridized carbons (Fsp3) is 0.538. The Morgan fingerprint density at radius 1 is 1.44 bits per heavy atom. The standard InChI is InChI=1S/C13H19ClO2/c1-3-4-7-16-9-10(2)12-8-11(15)5-6-13(12)14/h5-6,8,10,15H,3-4,7,9H2,1-2H3. The summed E-state index contributed by atoms with van der Waals surface area (Å²) in [7, 11) is 0. The molecule has 0 amide bonds. The van der Waals surface area contributed by atoms with Crippen LogP contribution in [-0.4, -0.2) is 18.3 Å². The van der Waals surface area contributed by atoms with Gasteiger partial charge in [0.25, 0.3) is 0 Å². The molecule has 0 aromatic heterocycles. The summed E-state index contributed by atoms with van der Waals surface area (Å²) in [6, 6.07) is 5.02. The van der Waals surface area contributed by atoms with E-state index in [1.54, 1.807) is 18.2 Å². The maximum absolute atomic E-state index is 9.40. The Morgan fingerprint density at radius 2 is 2.19 bits per heavy atom. The summed E-state index contributed by atoms with van der Waals surface area (Å²) in [5.41, 5.74) is 0.943. The van der Waals surface area contributed by atoms with Gasteiger partial charge < -0.3 is 9.84 Å². The van der Waals surface area contributed by atoms with E-state index in [-0.39, 0.29) is 11.7 Å². The van der Waals surface area contributed by atoms with Gasteiger partial charge >= 0.3 is 0 Å². The number of rotatable bonds is 6. The molecule has 0 saturated heterocycles. The number of hydrogen-bond donors (Lipinski definition) is 1. The van der Waals surface area contributed by atoms with Crippen molar-refractivity contribution in [3.05, 3.63) is 28.8 Å². The molecule has 0 spiro atoms. The van der Waals surface area contributed by atoms with Crippen molar-refractivity contribution < 1.29 is 9.84 Å². The average molecular weight is 243 g/mol. The number of hydrogen-bond acceptors (Lipinski definition) is 2. The summed E-state index contributed by atoms with van der Waals surface area (Å²) in [5, 5.41) is 10.1. The molecule has 1 atom stereocenters. The molecule has 0 aliphatic rings. The first-order chi connectivity index (χ1) is 7.65. The van der Waals surface area contributed by atoms with E-state index in [1.165, 1.54) is 0 Å². The Balaban J connectivity index is 2.51. The van der Waals surface area contributed by atoms with Crippen LogP contribution in [0.15, 0.2) is 18.2 Å². The van der Waals surface area contributed by atoms with Crippen LogP contribution in [0.4, 0.5) is 0 Å². The van der Waals surface area contributed by atoms with Crippen LogP contribution in [0.25, 0.3) is 0 Å². The number of benzene rings is 1. The lowest BCUT2D eigenvalue weighted by molar-refractivity contribution is 0.121. The molecule has 16 heavy (non-hydrogen) atoms. The molecule has 0 aliphatic carbocycles. The Morgan fingerprint density at radius 3 is 2.88 bits per heavy atom. The number of phenolic OH excluding ortho intramolecular Hbond substituents is 1. The second-order valence-corrected chi connectivity index (χ2v) is 4.44. The van der Waals surface area contributed by atoms with Crippen molar-refractivity contribution in [2.45, 2.75) is 32.6 Å². The number of aromatic hydroxyl groups is 1. The lowest BCUT2D eigenvalue weighted by atomic mass is 10.0. The molecule has 2 nitrogen and oxygen atoms in total. The van der Waals surface area contributed by atoms with Gasteiger partial charge in [0.15, 0.2) is 0 Å². The largest absolute Gasteiger partial charge is 0.508 e. The first-order valence-electron chi connectivity index (χ1n) is 5.71. The van der Waals surface area contributed by atoms with E-state index in [4.69, 9.17) is 16.3 Å². The summed E-state index contributed by atoms with van der Waals surface area (Å²) in [6.45, 7) is 5.62. The molecule has 0 radical (unpaired) electrons. The highest BCUT2D eigenvalue weighted by Crippen LogP contribution is 2.28. The quantitative estimate of drug-likeness (QED) is 0.765. The number of halogens is 1. The van der Waals surface area contributed by atoms with Crippen LogP contribution in [0, 0.1) is 0 Å². The predicted molar refractivity (Wildman–Crippen MR) is 67.3 cm³/mol. The third-order valence-electron chi connectivity index (χ3n) is 2.52. The zero-order valence-electron chi connectivity index (χ0n) is 9.87. The Bertz CT molecular complexity index is 326. The van der Waals surface area contributed by atoms with Gasteiger partial charge in [-0.1, -0.05) is 31.9 Å². The van der Waals surface area contributed by atoms with Crippen molar-refractivity contribution in [1.82, 2.24) is 0 Å². The summed E-state index contributed by atoms with van der Waals surface area (Å²) < 4.78 is 5.54. The molecule has 0 fully saturated rings. The number of phenols is 1. The normalized spacial score (nSPS) is 12.7. The van der Waals surface area contributed by atoms with Gasteiger partial charge in [0.1, 0.15) is 5.75 Å². The fourth-order valence-corrected chi connectivity index (χ4v) is 1.81. The van der Waals surface area contributed by atoms with Gasteiger partial charge in [0.2, 0.25) is 0 Å². The first kappa shape index (κ1) is 13.3. The van der Waals surface area contributed by atoms with E-state index in [2.05, 4.69) is 6.92 Å². The zero-order valence-corrected chi connectivity index (χ0v) is 10.6. The fourth-order valence-electron chi connectivity index (χ4n) is 1.51. The SMILES string of the molecule is CCCCOCC(C)c1cc(O)ccc1Cl. The Labute approximate surface area is 102 Å². The van der Waals surface area contributed by atoms with Crippen LogP contribution >= 0.6 is 11.6 Å². The third-order valence-corrected chi connectivity index (χ3v) is 2.86. The van der Waals surface area contributed by atoms with Crippen LogP contribution in [0.2, 0.25) is 5.02 Å². The van der Waals surface area contributed by atoms with E-state index >= 15 is 0 Å². The molecule has 1 N–H and O–H groups in total. The van der Waals surface area contributed by atoms with Crippen molar-refractivity contribution in [3.63, 3.8) is 0 Å². The van der Waals surface area contributed by atoms with Gasteiger partial charge in [-0.25, -0.2) is 0 Å². The Kier molecular flexibility index (Phi) is 5.64. The minimum Gasteiger partial charge on any atom is -0.508 e. The van der Waals surface area contributed by atoms with Gasteiger partial charge in [-0.15, -0.1) is 0 Å². The van der Waals surface area contributed by atoms with Crippen molar-refractivity contribution in [2.75, 3.05) is 13.2 Å². The molecule has 1 rings (SSSR count). The van der Waals surface area contributed by atoms with Crippen molar-refractivity contribution in [3.8, 4) is 5.75 Å². The van der Waals surface area contributed by atoms with Crippen LogP contribution in [0.3, 0.4) is 0 Å². The highest BCUT2D eigenvalue weighted by Gasteiger charge is 2.10. The number of unbranched alkanes of at least 4 members (excludes halogenated alkanes) is 1. The van der Waals surface area contributed by atoms with Crippen LogP contribution in [-0.2, 0) is 4.74 Å². The second kappa shape index (κ2) is 6.77. The Hall–Kier alpha value is -0.730. The minimum atomic E-state index is 0.205. The summed E-state index contributed by atoms with van der Waals surface area (Å²) in [4.78, 5) is 0. The zero-order chi connectivity index (χ0) is 12.0.